The number of nitrogens with two attached hydrogens (primary N) is 1. The molecule has 0 amide bonds. The lowest BCUT2D eigenvalue weighted by Crippen LogP contribution is -2.18. The van der Waals surface area contributed by atoms with Crippen LogP contribution in [0.25, 0.3) is 11.2 Å². The van der Waals surface area contributed by atoms with Gasteiger partial charge in [0.2, 0.25) is 5.95 Å². The van der Waals surface area contributed by atoms with Gasteiger partial charge in [-0.25, -0.2) is 4.98 Å². The van der Waals surface area contributed by atoms with Crippen LogP contribution in [0.5, 0.6) is 0 Å². The Morgan fingerprint density at radius 1 is 1.61 bits per heavy atom. The fourth-order valence-electron chi connectivity index (χ4n) is 2.76. The number of anilines is 1. The summed E-state index contributed by atoms with van der Waals surface area (Å²) in [6.45, 7) is 2.27. The number of nitrogens with one attached hydrogen (secondary N) is 1. The minimum absolute atomic E-state index is 0.00786. The summed E-state index contributed by atoms with van der Waals surface area (Å²) in [5, 5.41) is 0. The fraction of sp³-hybridized carbons (Fsp3) is 0.583. The first kappa shape index (κ1) is 16.1. The highest BCUT2D eigenvalue weighted by Crippen LogP contribution is 2.45. The number of nitrogens with zero attached hydrogens (tertiary/aromatic N) is 3. The summed E-state index contributed by atoms with van der Waals surface area (Å²) >= 11 is 0. The van der Waals surface area contributed by atoms with Crippen LogP contribution in [0.15, 0.2) is 11.1 Å². The number of nitrogen functional groups attached to an aromatic ring is 1. The molecule has 0 aliphatic carbocycles. The molecule has 0 radical (unpaired) electrons. The standard InChI is InChI=1S/C12H18N5O5P/c1-12(2-3-23(19,20)21)4-7(22-5-12)17-6-14-8-9(17)15-11(13)16-10(8)18/h6-7H,2-5H2,1H3,(H2,19,20,21)(H3,13,15,16,18)/t7-,12-/m1/s1. The Labute approximate surface area is 130 Å². The normalized spacial score (nSPS) is 25.3. The van der Waals surface area contributed by atoms with E-state index in [1.54, 1.807) is 4.57 Å². The topological polar surface area (TPSA) is 156 Å². The largest absolute Gasteiger partial charge is 0.369 e. The number of aromatic nitrogens is 4. The smallest absolute Gasteiger partial charge is 0.325 e. The fourth-order valence-corrected chi connectivity index (χ4v) is 3.59. The van der Waals surface area contributed by atoms with E-state index in [9.17, 15) is 9.36 Å². The first-order chi connectivity index (χ1) is 10.7. The first-order valence-corrected chi connectivity index (χ1v) is 8.85. The monoisotopic (exact) mass is 343 g/mol. The lowest BCUT2D eigenvalue weighted by molar-refractivity contribution is 0.0524. The molecule has 0 aromatic carbocycles. The number of hydrogen-bond acceptors (Lipinski definition) is 6. The van der Waals surface area contributed by atoms with Gasteiger partial charge >= 0.3 is 7.60 Å². The van der Waals surface area contributed by atoms with Crippen molar-refractivity contribution < 1.29 is 19.1 Å². The van der Waals surface area contributed by atoms with Gasteiger partial charge in [-0.15, -0.1) is 0 Å². The van der Waals surface area contributed by atoms with Crippen LogP contribution in [0, 0.1) is 5.41 Å². The molecule has 11 heteroatoms. The molecular formula is C12H18N5O5P. The number of hydrogen-bond donors (Lipinski definition) is 4. The average molecular weight is 343 g/mol. The lowest BCUT2D eigenvalue weighted by atomic mass is 9.86. The van der Waals surface area contributed by atoms with Gasteiger partial charge in [0.1, 0.15) is 6.23 Å². The van der Waals surface area contributed by atoms with E-state index < -0.39 is 19.4 Å². The summed E-state index contributed by atoms with van der Waals surface area (Å²) in [6, 6.07) is 0. The van der Waals surface area contributed by atoms with Gasteiger partial charge in [-0.1, -0.05) is 6.92 Å². The van der Waals surface area contributed by atoms with Crippen LogP contribution in [0.2, 0.25) is 0 Å². The van der Waals surface area contributed by atoms with Crippen LogP contribution in [0.4, 0.5) is 5.95 Å². The number of H-pyrrole nitrogens is 1. The Kier molecular flexibility index (Phi) is 3.80. The molecule has 0 bridgehead atoms. The molecule has 23 heavy (non-hydrogen) atoms. The quantitative estimate of drug-likeness (QED) is 0.573. The van der Waals surface area contributed by atoms with Crippen molar-refractivity contribution in [3.63, 3.8) is 0 Å². The van der Waals surface area contributed by atoms with E-state index in [4.69, 9.17) is 20.3 Å². The predicted octanol–water partition coefficient (Wildman–Crippen LogP) is 0.195. The third kappa shape index (κ3) is 3.30. The van der Waals surface area contributed by atoms with Crippen LogP contribution < -0.4 is 11.3 Å². The van der Waals surface area contributed by atoms with Crippen molar-refractivity contribution in [2.45, 2.75) is 26.0 Å². The second-order valence-corrected chi connectivity index (χ2v) is 7.97. The van der Waals surface area contributed by atoms with Gasteiger partial charge in [0.05, 0.1) is 19.1 Å². The van der Waals surface area contributed by atoms with Gasteiger partial charge in [-0.2, -0.15) is 4.98 Å². The van der Waals surface area contributed by atoms with E-state index in [1.807, 2.05) is 6.92 Å². The van der Waals surface area contributed by atoms with Crippen molar-refractivity contribution in [2.24, 2.45) is 5.41 Å². The Morgan fingerprint density at radius 2 is 2.35 bits per heavy atom. The van der Waals surface area contributed by atoms with Crippen LogP contribution >= 0.6 is 7.60 Å². The van der Waals surface area contributed by atoms with Gasteiger partial charge < -0.3 is 20.3 Å². The highest BCUT2D eigenvalue weighted by Gasteiger charge is 2.39. The van der Waals surface area contributed by atoms with E-state index in [1.165, 1.54) is 6.33 Å². The molecule has 10 nitrogen and oxygen atoms in total. The zero-order valence-corrected chi connectivity index (χ0v) is 13.4. The van der Waals surface area contributed by atoms with Gasteiger partial charge in [-0.3, -0.25) is 18.9 Å². The van der Waals surface area contributed by atoms with E-state index in [-0.39, 0.29) is 23.0 Å². The molecule has 1 fully saturated rings. The Hall–Kier alpha value is -1.74. The summed E-state index contributed by atoms with van der Waals surface area (Å²) in [5.41, 5.74) is 5.28. The SMILES string of the molecule is C[C@]1(CCP(=O)(O)O)CO[C@@H](n2cnc3c(=O)[nH]c(N)nc32)C1. The number of ether oxygens (including phenoxy) is 1. The Morgan fingerprint density at radius 3 is 3.04 bits per heavy atom. The zero-order chi connectivity index (χ0) is 16.8. The summed E-state index contributed by atoms with van der Waals surface area (Å²) in [5.74, 6) is -0.00786. The minimum Gasteiger partial charge on any atom is -0.369 e. The third-order valence-corrected chi connectivity index (χ3v) is 4.87. The molecule has 1 aliphatic rings. The van der Waals surface area contributed by atoms with Crippen molar-refractivity contribution in [1.82, 2.24) is 19.5 Å². The second-order valence-electron chi connectivity index (χ2n) is 6.19. The second kappa shape index (κ2) is 5.41. The van der Waals surface area contributed by atoms with E-state index in [2.05, 4.69) is 15.0 Å². The molecule has 0 unspecified atom stereocenters. The Bertz CT molecular complexity index is 842. The summed E-state index contributed by atoms with van der Waals surface area (Å²) in [7, 11) is -4.04. The minimum atomic E-state index is -4.04. The maximum Gasteiger partial charge on any atom is 0.325 e. The molecule has 2 aromatic heterocycles. The summed E-state index contributed by atoms with van der Waals surface area (Å²) in [4.78, 5) is 40.4. The van der Waals surface area contributed by atoms with Crippen LogP contribution in [-0.2, 0) is 9.30 Å². The first-order valence-electron chi connectivity index (χ1n) is 7.05. The van der Waals surface area contributed by atoms with E-state index in [0.29, 0.717) is 25.1 Å². The molecular weight excluding hydrogens is 325 g/mol. The number of rotatable bonds is 4. The Balaban J connectivity index is 1.85. The molecule has 1 aliphatic heterocycles. The maximum absolute atomic E-state index is 11.8. The number of imidazole rings is 1. The molecule has 0 spiro atoms. The van der Waals surface area contributed by atoms with E-state index >= 15 is 0 Å². The van der Waals surface area contributed by atoms with Gasteiger partial charge in [0.25, 0.3) is 5.56 Å². The molecule has 126 valence electrons. The maximum atomic E-state index is 11.8. The van der Waals surface area contributed by atoms with Crippen LogP contribution in [0.1, 0.15) is 26.0 Å². The van der Waals surface area contributed by atoms with Gasteiger partial charge in [-0.05, 0) is 11.8 Å². The highest BCUT2D eigenvalue weighted by molar-refractivity contribution is 7.51. The van der Waals surface area contributed by atoms with Crippen LogP contribution in [0.3, 0.4) is 0 Å². The van der Waals surface area contributed by atoms with Crippen molar-refractivity contribution in [2.75, 3.05) is 18.5 Å². The van der Waals surface area contributed by atoms with Crippen LogP contribution in [-0.4, -0.2) is 42.1 Å². The number of aromatic amines is 1. The molecule has 2 atom stereocenters. The molecule has 3 heterocycles. The molecule has 2 aromatic rings. The third-order valence-electron chi connectivity index (χ3n) is 4.06. The highest BCUT2D eigenvalue weighted by atomic mass is 31.2. The molecule has 1 saturated heterocycles. The van der Waals surface area contributed by atoms with Gasteiger partial charge in [0, 0.05) is 6.42 Å². The summed E-state index contributed by atoms with van der Waals surface area (Å²) in [6.07, 6.45) is 1.75. The molecule has 3 rings (SSSR count). The van der Waals surface area contributed by atoms with Crippen molar-refractivity contribution in [3.8, 4) is 0 Å². The van der Waals surface area contributed by atoms with Gasteiger partial charge in [0.15, 0.2) is 11.2 Å². The summed E-state index contributed by atoms with van der Waals surface area (Å²) < 4.78 is 18.4. The van der Waals surface area contributed by atoms with Crippen molar-refractivity contribution >= 4 is 24.7 Å². The van der Waals surface area contributed by atoms with Crippen molar-refractivity contribution in [1.29, 1.82) is 0 Å². The lowest BCUT2D eigenvalue weighted by Gasteiger charge is -2.22. The van der Waals surface area contributed by atoms with Crippen molar-refractivity contribution in [3.05, 3.63) is 16.7 Å². The molecule has 5 N–H and O–H groups in total. The molecule has 0 saturated carbocycles. The van der Waals surface area contributed by atoms with E-state index in [0.717, 1.165) is 0 Å². The average Bonchev–Trinajstić information content (AvgIpc) is 3.00. The predicted molar refractivity (Wildman–Crippen MR) is 81.8 cm³/mol. The number of fused-ring (bicyclic) bond motifs is 1. The zero-order valence-electron chi connectivity index (χ0n) is 12.5.